The standard InChI is InChI=1S/C19H16Br2N2O5/c1-7-11(20)6-12(21)15-13(7)10(17(24)23-15)5-9-8(2)22-16(19(26)28-4)14(9)18(25)27-3/h5-6,22H,1-4H3,(H,23,24). The van der Waals surface area contributed by atoms with E-state index in [1.54, 1.807) is 13.0 Å². The van der Waals surface area contributed by atoms with Gasteiger partial charge in [-0.15, -0.1) is 0 Å². The summed E-state index contributed by atoms with van der Waals surface area (Å²) in [5.41, 5.74) is 3.51. The first kappa shape index (κ1) is 20.3. The molecule has 1 amide bonds. The van der Waals surface area contributed by atoms with Crippen LogP contribution in [0.3, 0.4) is 0 Å². The third-order valence-corrected chi connectivity index (χ3v) is 5.98. The van der Waals surface area contributed by atoms with Gasteiger partial charge >= 0.3 is 11.9 Å². The van der Waals surface area contributed by atoms with E-state index in [9.17, 15) is 14.4 Å². The number of hydrogen-bond acceptors (Lipinski definition) is 5. The van der Waals surface area contributed by atoms with Gasteiger partial charge in [0.1, 0.15) is 5.69 Å². The Morgan fingerprint density at radius 3 is 2.32 bits per heavy atom. The van der Waals surface area contributed by atoms with Crippen LogP contribution < -0.4 is 5.32 Å². The number of esters is 2. The predicted octanol–water partition coefficient (Wildman–Crippen LogP) is 4.22. The molecule has 2 heterocycles. The number of carbonyl (C=O) groups excluding carboxylic acids is 3. The zero-order chi connectivity index (χ0) is 20.7. The number of aromatic nitrogens is 1. The smallest absolute Gasteiger partial charge is 0.355 e. The van der Waals surface area contributed by atoms with E-state index in [-0.39, 0.29) is 17.2 Å². The van der Waals surface area contributed by atoms with E-state index >= 15 is 0 Å². The van der Waals surface area contributed by atoms with E-state index in [0.717, 1.165) is 14.5 Å². The maximum absolute atomic E-state index is 12.7. The predicted molar refractivity (Wildman–Crippen MR) is 111 cm³/mol. The molecule has 1 aliphatic heterocycles. The minimum absolute atomic E-state index is 0.0207. The highest BCUT2D eigenvalue weighted by molar-refractivity contribution is 9.11. The fraction of sp³-hybridized carbons (Fsp3) is 0.211. The molecule has 0 saturated carbocycles. The quantitative estimate of drug-likeness (QED) is 0.475. The van der Waals surface area contributed by atoms with Gasteiger partial charge in [-0.2, -0.15) is 0 Å². The van der Waals surface area contributed by atoms with Crippen molar-refractivity contribution < 1.29 is 23.9 Å². The molecule has 0 bridgehead atoms. The lowest BCUT2D eigenvalue weighted by Gasteiger charge is -2.09. The molecule has 7 nitrogen and oxygen atoms in total. The molecule has 1 aromatic heterocycles. The molecule has 3 rings (SSSR count). The number of carbonyl (C=O) groups is 3. The van der Waals surface area contributed by atoms with Gasteiger partial charge in [-0.1, -0.05) is 15.9 Å². The van der Waals surface area contributed by atoms with Crippen LogP contribution in [-0.2, 0) is 14.3 Å². The van der Waals surface area contributed by atoms with E-state index in [4.69, 9.17) is 9.47 Å². The Hall–Kier alpha value is -2.39. The minimum Gasteiger partial charge on any atom is -0.465 e. The van der Waals surface area contributed by atoms with Crippen molar-refractivity contribution in [3.63, 3.8) is 0 Å². The average Bonchev–Trinajstić information content (AvgIpc) is 3.17. The maximum Gasteiger partial charge on any atom is 0.355 e. The molecular weight excluding hydrogens is 496 g/mol. The fourth-order valence-electron chi connectivity index (χ4n) is 3.14. The number of ether oxygens (including phenoxy) is 2. The number of anilines is 1. The second-order valence-electron chi connectivity index (χ2n) is 6.12. The Morgan fingerprint density at radius 1 is 1.07 bits per heavy atom. The maximum atomic E-state index is 12.7. The Kier molecular flexibility index (Phi) is 5.49. The van der Waals surface area contributed by atoms with Gasteiger partial charge in [0, 0.05) is 25.8 Å². The molecule has 0 saturated heterocycles. The number of methoxy groups -OCH3 is 2. The van der Waals surface area contributed by atoms with Crippen molar-refractivity contribution in [3.8, 4) is 0 Å². The average molecular weight is 512 g/mol. The van der Waals surface area contributed by atoms with Crippen molar-refractivity contribution in [2.24, 2.45) is 0 Å². The minimum atomic E-state index is -0.706. The molecule has 0 atom stereocenters. The third kappa shape index (κ3) is 3.18. The SMILES string of the molecule is COC(=O)c1[nH]c(C)c(C=C2C(=O)Nc3c(Br)cc(Br)c(C)c32)c1C(=O)OC. The van der Waals surface area contributed by atoms with Gasteiger partial charge in [0.25, 0.3) is 5.91 Å². The zero-order valence-electron chi connectivity index (χ0n) is 15.5. The summed E-state index contributed by atoms with van der Waals surface area (Å²) in [6.07, 6.45) is 1.58. The van der Waals surface area contributed by atoms with Gasteiger partial charge in [0.05, 0.1) is 31.0 Å². The monoisotopic (exact) mass is 510 g/mol. The molecule has 146 valence electrons. The van der Waals surface area contributed by atoms with Crippen LogP contribution in [0.25, 0.3) is 11.6 Å². The van der Waals surface area contributed by atoms with Gasteiger partial charge < -0.3 is 19.8 Å². The first-order valence-corrected chi connectivity index (χ1v) is 9.71. The number of benzene rings is 1. The van der Waals surface area contributed by atoms with Gasteiger partial charge in [-0.05, 0) is 47.5 Å². The Morgan fingerprint density at radius 2 is 1.71 bits per heavy atom. The summed E-state index contributed by atoms with van der Waals surface area (Å²) in [6.45, 7) is 3.58. The van der Waals surface area contributed by atoms with Crippen LogP contribution in [-0.4, -0.2) is 37.0 Å². The van der Waals surface area contributed by atoms with Crippen LogP contribution in [0.1, 0.15) is 43.2 Å². The molecule has 1 aliphatic rings. The summed E-state index contributed by atoms with van der Waals surface area (Å²) in [5.74, 6) is -1.72. The van der Waals surface area contributed by atoms with E-state index < -0.39 is 11.9 Å². The number of rotatable bonds is 3. The van der Waals surface area contributed by atoms with Crippen LogP contribution in [0, 0.1) is 13.8 Å². The fourth-order valence-corrected chi connectivity index (χ4v) is 4.40. The Bertz CT molecular complexity index is 1070. The third-order valence-electron chi connectivity index (χ3n) is 4.53. The van der Waals surface area contributed by atoms with Gasteiger partial charge in [-0.25, -0.2) is 9.59 Å². The molecule has 0 aliphatic carbocycles. The van der Waals surface area contributed by atoms with E-state index in [1.165, 1.54) is 14.2 Å². The van der Waals surface area contributed by atoms with Crippen LogP contribution in [0.4, 0.5) is 5.69 Å². The van der Waals surface area contributed by atoms with Gasteiger partial charge in [-0.3, -0.25) is 4.79 Å². The number of hydrogen-bond donors (Lipinski definition) is 2. The number of H-pyrrole nitrogens is 1. The first-order chi connectivity index (χ1) is 13.2. The normalized spacial score (nSPS) is 14.1. The number of amides is 1. The van der Waals surface area contributed by atoms with Crippen molar-refractivity contribution >= 4 is 67.0 Å². The summed E-state index contributed by atoms with van der Waals surface area (Å²) < 4.78 is 11.1. The lowest BCUT2D eigenvalue weighted by Crippen LogP contribution is -2.11. The van der Waals surface area contributed by atoms with Gasteiger partial charge in [0.15, 0.2) is 0 Å². The largest absolute Gasteiger partial charge is 0.465 e. The highest BCUT2D eigenvalue weighted by Crippen LogP contribution is 2.43. The molecule has 0 spiro atoms. The van der Waals surface area contributed by atoms with Crippen molar-refractivity contribution in [2.75, 3.05) is 19.5 Å². The number of fused-ring (bicyclic) bond motifs is 1. The van der Waals surface area contributed by atoms with Gasteiger partial charge in [0.2, 0.25) is 0 Å². The lowest BCUT2D eigenvalue weighted by molar-refractivity contribution is -0.110. The molecule has 0 radical (unpaired) electrons. The number of nitrogens with one attached hydrogen (secondary N) is 2. The number of aromatic amines is 1. The van der Waals surface area contributed by atoms with E-state index in [1.807, 2.05) is 13.0 Å². The number of aryl methyl sites for hydroxylation is 1. The summed E-state index contributed by atoms with van der Waals surface area (Å²) in [7, 11) is 2.44. The number of halogens is 2. The van der Waals surface area contributed by atoms with Crippen molar-refractivity contribution in [1.82, 2.24) is 4.98 Å². The summed E-state index contributed by atoms with van der Waals surface area (Å²) in [5, 5.41) is 2.83. The van der Waals surface area contributed by atoms with Crippen molar-refractivity contribution in [1.29, 1.82) is 0 Å². The summed E-state index contributed by atoms with van der Waals surface area (Å²) >= 11 is 6.95. The molecule has 0 fully saturated rings. The van der Waals surface area contributed by atoms with Crippen molar-refractivity contribution in [3.05, 3.63) is 48.7 Å². The molecular formula is C19H16Br2N2O5. The molecule has 2 N–H and O–H groups in total. The zero-order valence-corrected chi connectivity index (χ0v) is 18.6. The topological polar surface area (TPSA) is 97.5 Å². The highest BCUT2D eigenvalue weighted by Gasteiger charge is 2.32. The van der Waals surface area contributed by atoms with Crippen LogP contribution in [0.2, 0.25) is 0 Å². The Balaban J connectivity index is 2.30. The molecule has 1 aromatic carbocycles. The second-order valence-corrected chi connectivity index (χ2v) is 7.83. The molecule has 9 heteroatoms. The Labute approximate surface area is 177 Å². The van der Waals surface area contributed by atoms with Crippen molar-refractivity contribution in [2.45, 2.75) is 13.8 Å². The summed E-state index contributed by atoms with van der Waals surface area (Å²) in [6, 6.07) is 1.86. The summed E-state index contributed by atoms with van der Waals surface area (Å²) in [4.78, 5) is 40.0. The lowest BCUT2D eigenvalue weighted by atomic mass is 9.98. The van der Waals surface area contributed by atoms with E-state index in [2.05, 4.69) is 42.2 Å². The van der Waals surface area contributed by atoms with Crippen LogP contribution in [0.15, 0.2) is 15.0 Å². The van der Waals surface area contributed by atoms with Crippen LogP contribution >= 0.6 is 31.9 Å². The second kappa shape index (κ2) is 7.56. The molecule has 0 unspecified atom stereocenters. The molecule has 2 aromatic rings. The van der Waals surface area contributed by atoms with E-state index in [0.29, 0.717) is 28.1 Å². The van der Waals surface area contributed by atoms with Crippen LogP contribution in [0.5, 0.6) is 0 Å². The molecule has 28 heavy (non-hydrogen) atoms. The highest BCUT2D eigenvalue weighted by atomic mass is 79.9. The first-order valence-electron chi connectivity index (χ1n) is 8.12.